The molecule has 4 aromatic rings. The molecule has 124 valence electrons. The van der Waals surface area contributed by atoms with Crippen molar-refractivity contribution in [2.45, 2.75) is 6.42 Å². The van der Waals surface area contributed by atoms with Gasteiger partial charge < -0.3 is 9.52 Å². The molecule has 4 rings (SSSR count). The highest BCUT2D eigenvalue weighted by Gasteiger charge is 2.14. The molecule has 0 aliphatic carbocycles. The molecule has 0 saturated heterocycles. The number of benzene rings is 2. The molecule has 0 spiro atoms. The Bertz CT molecular complexity index is 1090. The first-order chi connectivity index (χ1) is 12.1. The van der Waals surface area contributed by atoms with Gasteiger partial charge in [-0.15, -0.1) is 5.10 Å². The van der Waals surface area contributed by atoms with Gasteiger partial charge in [0.1, 0.15) is 11.0 Å². The summed E-state index contributed by atoms with van der Waals surface area (Å²) >= 11 is 0. The van der Waals surface area contributed by atoms with E-state index in [1.54, 1.807) is 16.8 Å². The number of aromatic nitrogens is 4. The Kier molecular flexibility index (Phi) is 3.53. The summed E-state index contributed by atoms with van der Waals surface area (Å²) in [5.74, 6) is -0.642. The van der Waals surface area contributed by atoms with Crippen LogP contribution in [0.15, 0.2) is 46.9 Å². The molecule has 7 heteroatoms. The van der Waals surface area contributed by atoms with Crippen molar-refractivity contribution in [1.82, 2.24) is 20.0 Å². The molecule has 0 aliphatic heterocycles. The predicted molar refractivity (Wildman–Crippen MR) is 92.6 cm³/mol. The zero-order valence-electron chi connectivity index (χ0n) is 13.4. The highest BCUT2D eigenvalue weighted by molar-refractivity contribution is 5.92. The van der Waals surface area contributed by atoms with Gasteiger partial charge in [-0.3, -0.25) is 4.79 Å². The Balaban J connectivity index is 1.81. The van der Waals surface area contributed by atoms with E-state index in [-0.39, 0.29) is 6.42 Å². The minimum atomic E-state index is -0.950. The van der Waals surface area contributed by atoms with Crippen molar-refractivity contribution < 1.29 is 14.3 Å². The molecular formula is C18H14N4O3. The quantitative estimate of drug-likeness (QED) is 0.616. The first-order valence-corrected chi connectivity index (χ1v) is 7.68. The summed E-state index contributed by atoms with van der Waals surface area (Å²) in [6.07, 6.45) is 1.57. The molecule has 0 amide bonds. The maximum absolute atomic E-state index is 11.3. The van der Waals surface area contributed by atoms with Crippen LogP contribution in [0.4, 0.5) is 0 Å². The summed E-state index contributed by atoms with van der Waals surface area (Å²) in [5, 5.41) is 17.3. The van der Waals surface area contributed by atoms with Crippen LogP contribution in [-0.4, -0.2) is 31.1 Å². The fourth-order valence-electron chi connectivity index (χ4n) is 2.71. The Hall–Kier alpha value is -3.48. The lowest BCUT2D eigenvalue weighted by Gasteiger charge is -2.01. The zero-order valence-corrected chi connectivity index (χ0v) is 13.4. The maximum Gasteiger partial charge on any atom is 0.308 e. The summed E-state index contributed by atoms with van der Waals surface area (Å²) in [6.45, 7) is 0. The van der Waals surface area contributed by atoms with Crippen molar-refractivity contribution in [3.8, 4) is 0 Å². The number of carboxylic acid groups (broad SMARTS) is 1. The number of rotatable bonds is 4. The number of carbonyl (C=O) groups is 1. The molecule has 0 radical (unpaired) electrons. The van der Waals surface area contributed by atoms with Crippen LogP contribution in [0.5, 0.6) is 0 Å². The molecule has 0 bridgehead atoms. The van der Waals surface area contributed by atoms with E-state index in [4.69, 9.17) is 4.42 Å². The van der Waals surface area contributed by atoms with E-state index in [2.05, 4.69) is 15.3 Å². The Labute approximate surface area is 142 Å². The first-order valence-electron chi connectivity index (χ1n) is 7.68. The van der Waals surface area contributed by atoms with E-state index < -0.39 is 5.97 Å². The third-order valence-electron chi connectivity index (χ3n) is 3.89. The molecule has 2 heterocycles. The Morgan fingerprint density at radius 1 is 1.24 bits per heavy atom. The number of carboxylic acids is 1. The molecule has 0 saturated carbocycles. The highest BCUT2D eigenvalue weighted by atomic mass is 16.4. The minimum Gasteiger partial charge on any atom is -0.481 e. The minimum absolute atomic E-state index is 0.189. The third kappa shape index (κ3) is 2.87. The van der Waals surface area contributed by atoms with Gasteiger partial charge in [-0.1, -0.05) is 23.4 Å². The van der Waals surface area contributed by atoms with Crippen LogP contribution in [-0.2, 0) is 11.8 Å². The second kappa shape index (κ2) is 5.86. The van der Waals surface area contributed by atoms with Crippen molar-refractivity contribution in [2.24, 2.45) is 7.05 Å². The van der Waals surface area contributed by atoms with Crippen LogP contribution in [0, 0.1) is 0 Å². The maximum atomic E-state index is 11.3. The van der Waals surface area contributed by atoms with Gasteiger partial charge in [-0.2, -0.15) is 0 Å². The second-order valence-corrected chi connectivity index (χ2v) is 5.69. The van der Waals surface area contributed by atoms with Gasteiger partial charge in [0.25, 0.3) is 0 Å². The van der Waals surface area contributed by atoms with Gasteiger partial charge in [-0.25, -0.2) is 9.67 Å². The Morgan fingerprint density at radius 2 is 2.08 bits per heavy atom. The van der Waals surface area contributed by atoms with Crippen LogP contribution >= 0.6 is 0 Å². The fraction of sp³-hybridized carbons (Fsp3) is 0.111. The summed E-state index contributed by atoms with van der Waals surface area (Å²) in [5.41, 5.74) is 4.26. The number of fused-ring (bicyclic) bond motifs is 2. The number of aliphatic carboxylic acids is 1. The lowest BCUT2D eigenvalue weighted by atomic mass is 10.1. The summed E-state index contributed by atoms with van der Waals surface area (Å²) in [7, 11) is 1.82. The standard InChI is InChI=1S/C18H14N4O3/c1-22-15-7-6-11(9-14(15)20-21-22)8-12(10-17(23)24)18-19-13-4-2-3-5-16(13)25-18/h2-9H,10H2,1H3,(H,23,24)/b12-8+. The molecule has 25 heavy (non-hydrogen) atoms. The van der Waals surface area contributed by atoms with E-state index >= 15 is 0 Å². The summed E-state index contributed by atoms with van der Waals surface area (Å²) < 4.78 is 7.40. The fourth-order valence-corrected chi connectivity index (χ4v) is 2.71. The number of aryl methyl sites for hydroxylation is 1. The van der Waals surface area contributed by atoms with E-state index in [0.717, 1.165) is 16.6 Å². The topological polar surface area (TPSA) is 94.0 Å². The molecule has 0 unspecified atom stereocenters. The third-order valence-corrected chi connectivity index (χ3v) is 3.89. The monoisotopic (exact) mass is 334 g/mol. The Morgan fingerprint density at radius 3 is 2.88 bits per heavy atom. The van der Waals surface area contributed by atoms with E-state index in [9.17, 15) is 9.90 Å². The van der Waals surface area contributed by atoms with Crippen LogP contribution in [0.2, 0.25) is 0 Å². The smallest absolute Gasteiger partial charge is 0.308 e. The van der Waals surface area contributed by atoms with Crippen molar-refractivity contribution in [2.75, 3.05) is 0 Å². The van der Waals surface area contributed by atoms with Crippen LogP contribution in [0.25, 0.3) is 33.8 Å². The average Bonchev–Trinajstić information content (AvgIpc) is 3.17. The van der Waals surface area contributed by atoms with Crippen molar-refractivity contribution in [3.05, 3.63) is 53.9 Å². The lowest BCUT2D eigenvalue weighted by Crippen LogP contribution is -1.97. The van der Waals surface area contributed by atoms with Crippen molar-refractivity contribution in [1.29, 1.82) is 0 Å². The average molecular weight is 334 g/mol. The zero-order chi connectivity index (χ0) is 17.4. The predicted octanol–water partition coefficient (Wildman–Crippen LogP) is 3.12. The van der Waals surface area contributed by atoms with E-state index in [1.807, 2.05) is 43.4 Å². The van der Waals surface area contributed by atoms with Crippen molar-refractivity contribution >= 4 is 39.8 Å². The van der Waals surface area contributed by atoms with Crippen LogP contribution in [0.1, 0.15) is 17.9 Å². The highest BCUT2D eigenvalue weighted by Crippen LogP contribution is 2.26. The molecule has 0 fully saturated rings. The number of nitrogens with zero attached hydrogens (tertiary/aromatic N) is 4. The number of oxazole rings is 1. The SMILES string of the molecule is Cn1nnc2cc(/C=C(\CC(=O)O)c3nc4ccccc4o3)ccc21. The lowest BCUT2D eigenvalue weighted by molar-refractivity contribution is -0.135. The second-order valence-electron chi connectivity index (χ2n) is 5.69. The van der Waals surface area contributed by atoms with Crippen LogP contribution in [0.3, 0.4) is 0 Å². The van der Waals surface area contributed by atoms with Gasteiger partial charge >= 0.3 is 5.97 Å². The van der Waals surface area contributed by atoms with Crippen LogP contribution < -0.4 is 0 Å². The molecule has 2 aromatic heterocycles. The normalized spacial score (nSPS) is 12.1. The number of para-hydroxylation sites is 2. The largest absolute Gasteiger partial charge is 0.481 e. The van der Waals surface area contributed by atoms with E-state index in [1.165, 1.54) is 0 Å². The van der Waals surface area contributed by atoms with Gasteiger partial charge in [0.2, 0.25) is 5.89 Å². The molecule has 0 atom stereocenters. The molecule has 2 aromatic carbocycles. The van der Waals surface area contributed by atoms with Gasteiger partial charge in [0.05, 0.1) is 11.9 Å². The molecular weight excluding hydrogens is 320 g/mol. The first kappa shape index (κ1) is 15.1. The van der Waals surface area contributed by atoms with Gasteiger partial charge in [-0.05, 0) is 35.9 Å². The van der Waals surface area contributed by atoms with Gasteiger partial charge in [0, 0.05) is 12.6 Å². The van der Waals surface area contributed by atoms with Gasteiger partial charge in [0.15, 0.2) is 5.58 Å². The number of hydrogen-bond acceptors (Lipinski definition) is 5. The summed E-state index contributed by atoms with van der Waals surface area (Å²) in [6, 6.07) is 13.0. The molecule has 7 nitrogen and oxygen atoms in total. The molecule has 1 N–H and O–H groups in total. The van der Waals surface area contributed by atoms with Crippen molar-refractivity contribution in [3.63, 3.8) is 0 Å². The summed E-state index contributed by atoms with van der Waals surface area (Å²) in [4.78, 5) is 15.7. The number of hydrogen-bond donors (Lipinski definition) is 1. The van der Waals surface area contributed by atoms with E-state index in [0.29, 0.717) is 22.6 Å². The molecule has 0 aliphatic rings.